The summed E-state index contributed by atoms with van der Waals surface area (Å²) in [7, 11) is 0. The van der Waals surface area contributed by atoms with Crippen molar-refractivity contribution >= 4 is 11.9 Å². The lowest BCUT2D eigenvalue weighted by Crippen LogP contribution is -2.53. The minimum atomic E-state index is -1.47. The Morgan fingerprint density at radius 3 is 2.33 bits per heavy atom. The molecule has 0 radical (unpaired) electrons. The Kier molecular flexibility index (Phi) is 3.93. The molecule has 1 saturated heterocycles. The molecule has 2 rings (SSSR count). The predicted octanol–water partition coefficient (Wildman–Crippen LogP) is 2.57. The molecule has 1 unspecified atom stereocenters. The summed E-state index contributed by atoms with van der Waals surface area (Å²) >= 11 is 0. The second kappa shape index (κ2) is 5.38. The maximum atomic E-state index is 13.7. The zero-order valence-corrected chi connectivity index (χ0v) is 11.3. The summed E-state index contributed by atoms with van der Waals surface area (Å²) in [5.41, 5.74) is -2.39. The number of benzene rings is 1. The second-order valence-corrected chi connectivity index (χ2v) is 5.00. The van der Waals surface area contributed by atoms with Crippen LogP contribution in [-0.2, 0) is 4.79 Å². The van der Waals surface area contributed by atoms with Gasteiger partial charge < -0.3 is 10.0 Å². The molecule has 0 aliphatic carbocycles. The van der Waals surface area contributed by atoms with Crippen molar-refractivity contribution in [3.8, 4) is 0 Å². The number of hydrogen-bond donors (Lipinski definition) is 1. The van der Waals surface area contributed by atoms with Gasteiger partial charge in [-0.2, -0.15) is 0 Å². The van der Waals surface area contributed by atoms with Gasteiger partial charge in [0.15, 0.2) is 0 Å². The fourth-order valence-electron chi connectivity index (χ4n) is 2.80. The molecule has 1 heterocycles. The van der Waals surface area contributed by atoms with Gasteiger partial charge in [-0.1, -0.05) is 6.92 Å². The summed E-state index contributed by atoms with van der Waals surface area (Å²) in [6.07, 6.45) is 0.768. The minimum absolute atomic E-state index is 0.0925. The van der Waals surface area contributed by atoms with Crippen LogP contribution in [0.5, 0.6) is 0 Å². The average molecular weight is 301 g/mol. The summed E-state index contributed by atoms with van der Waals surface area (Å²) in [5.74, 6) is -6.08. The van der Waals surface area contributed by atoms with E-state index in [2.05, 4.69) is 0 Å². The van der Waals surface area contributed by atoms with E-state index in [9.17, 15) is 27.9 Å². The quantitative estimate of drug-likeness (QED) is 0.933. The zero-order valence-electron chi connectivity index (χ0n) is 11.3. The molecule has 1 fully saturated rings. The van der Waals surface area contributed by atoms with Crippen LogP contribution in [0.1, 0.15) is 36.5 Å². The highest BCUT2D eigenvalue weighted by atomic mass is 19.1. The lowest BCUT2D eigenvalue weighted by atomic mass is 9.92. The molecule has 1 atom stereocenters. The van der Waals surface area contributed by atoms with Crippen LogP contribution in [0.2, 0.25) is 0 Å². The van der Waals surface area contributed by atoms with Crippen molar-refractivity contribution in [1.29, 1.82) is 0 Å². The summed E-state index contributed by atoms with van der Waals surface area (Å²) in [4.78, 5) is 24.8. The number of nitrogens with zero attached hydrogens (tertiary/aromatic N) is 1. The molecule has 1 aliphatic heterocycles. The molecule has 4 nitrogen and oxygen atoms in total. The third kappa shape index (κ3) is 2.36. The van der Waals surface area contributed by atoms with Crippen molar-refractivity contribution in [2.24, 2.45) is 0 Å². The van der Waals surface area contributed by atoms with E-state index in [1.807, 2.05) is 0 Å². The van der Waals surface area contributed by atoms with Crippen molar-refractivity contribution < 1.29 is 27.9 Å². The monoisotopic (exact) mass is 301 g/mol. The third-order valence-corrected chi connectivity index (χ3v) is 3.94. The summed E-state index contributed by atoms with van der Waals surface area (Å²) in [6.45, 7) is 1.69. The second-order valence-electron chi connectivity index (χ2n) is 5.00. The number of rotatable bonds is 3. The van der Waals surface area contributed by atoms with E-state index in [4.69, 9.17) is 0 Å². The van der Waals surface area contributed by atoms with E-state index >= 15 is 0 Å². The summed E-state index contributed by atoms with van der Waals surface area (Å²) < 4.78 is 40.3. The van der Waals surface area contributed by atoms with Crippen LogP contribution in [-0.4, -0.2) is 34.0 Å². The molecule has 21 heavy (non-hydrogen) atoms. The van der Waals surface area contributed by atoms with Crippen molar-refractivity contribution in [3.63, 3.8) is 0 Å². The van der Waals surface area contributed by atoms with Gasteiger partial charge in [0, 0.05) is 18.7 Å². The molecule has 1 aromatic carbocycles. The Morgan fingerprint density at radius 1 is 1.29 bits per heavy atom. The number of likely N-dealkylation sites (tertiary alicyclic amines) is 1. The number of halogens is 3. The molecule has 1 N–H and O–H groups in total. The van der Waals surface area contributed by atoms with Gasteiger partial charge in [0.05, 0.1) is 0 Å². The van der Waals surface area contributed by atoms with Gasteiger partial charge in [-0.15, -0.1) is 0 Å². The average Bonchev–Trinajstić information content (AvgIpc) is 2.82. The smallest absolute Gasteiger partial charge is 0.329 e. The number of carboxylic acid groups (broad SMARTS) is 1. The van der Waals surface area contributed by atoms with Crippen molar-refractivity contribution in [1.82, 2.24) is 4.90 Å². The zero-order chi connectivity index (χ0) is 15.8. The van der Waals surface area contributed by atoms with E-state index in [1.54, 1.807) is 6.92 Å². The van der Waals surface area contributed by atoms with Crippen LogP contribution in [0.25, 0.3) is 0 Å². The van der Waals surface area contributed by atoms with Crippen LogP contribution in [0.4, 0.5) is 13.2 Å². The van der Waals surface area contributed by atoms with Crippen LogP contribution >= 0.6 is 0 Å². The van der Waals surface area contributed by atoms with Gasteiger partial charge in [0.2, 0.25) is 0 Å². The highest BCUT2D eigenvalue weighted by Crippen LogP contribution is 2.34. The van der Waals surface area contributed by atoms with E-state index in [0.717, 1.165) is 4.90 Å². The maximum Gasteiger partial charge on any atom is 0.329 e. The Bertz CT molecular complexity index is 582. The Labute approximate surface area is 119 Å². The van der Waals surface area contributed by atoms with Gasteiger partial charge >= 0.3 is 5.97 Å². The van der Waals surface area contributed by atoms with Gasteiger partial charge in [-0.3, -0.25) is 4.79 Å². The van der Waals surface area contributed by atoms with Crippen LogP contribution in [0.3, 0.4) is 0 Å². The van der Waals surface area contributed by atoms with Crippen molar-refractivity contribution in [3.05, 3.63) is 35.1 Å². The minimum Gasteiger partial charge on any atom is -0.479 e. The highest BCUT2D eigenvalue weighted by Gasteiger charge is 2.49. The highest BCUT2D eigenvalue weighted by molar-refractivity contribution is 5.98. The topological polar surface area (TPSA) is 57.6 Å². The van der Waals surface area contributed by atoms with E-state index in [-0.39, 0.29) is 19.4 Å². The number of carboxylic acids is 1. The Balaban J connectivity index is 2.47. The number of hydrogen-bond acceptors (Lipinski definition) is 2. The maximum absolute atomic E-state index is 13.7. The normalized spacial score (nSPS) is 21.6. The number of carbonyl (C=O) groups is 2. The van der Waals surface area contributed by atoms with Crippen molar-refractivity contribution in [2.45, 2.75) is 31.7 Å². The van der Waals surface area contributed by atoms with E-state index in [1.165, 1.54) is 0 Å². The number of carbonyl (C=O) groups excluding carboxylic acids is 1. The van der Waals surface area contributed by atoms with Crippen LogP contribution in [0.15, 0.2) is 12.1 Å². The first-order valence-electron chi connectivity index (χ1n) is 6.53. The first kappa shape index (κ1) is 15.3. The molecule has 0 aromatic heterocycles. The first-order valence-corrected chi connectivity index (χ1v) is 6.53. The molecule has 7 heteroatoms. The summed E-state index contributed by atoms with van der Waals surface area (Å²) in [6, 6.07) is 0.807. The van der Waals surface area contributed by atoms with Gasteiger partial charge in [0.1, 0.15) is 28.6 Å². The van der Waals surface area contributed by atoms with Crippen LogP contribution in [0, 0.1) is 17.5 Å². The molecular weight excluding hydrogens is 287 g/mol. The molecule has 1 aliphatic rings. The number of aliphatic carboxylic acids is 1. The molecular formula is C14H14F3NO3. The fraction of sp³-hybridized carbons (Fsp3) is 0.429. The molecule has 1 aromatic rings. The molecule has 0 spiro atoms. The fourth-order valence-corrected chi connectivity index (χ4v) is 2.80. The third-order valence-electron chi connectivity index (χ3n) is 3.94. The van der Waals surface area contributed by atoms with E-state index in [0.29, 0.717) is 18.6 Å². The van der Waals surface area contributed by atoms with Gasteiger partial charge in [-0.25, -0.2) is 18.0 Å². The predicted molar refractivity (Wildman–Crippen MR) is 67.2 cm³/mol. The SMILES string of the molecule is CCC1(C(=O)O)CCCN1C(=O)c1c(F)cc(F)cc1F. The molecule has 114 valence electrons. The van der Waals surface area contributed by atoms with E-state index < -0.39 is 40.4 Å². The largest absolute Gasteiger partial charge is 0.479 e. The standard InChI is InChI=1S/C14H14F3NO3/c1-2-14(13(20)21)4-3-5-18(14)12(19)11-9(16)6-8(15)7-10(11)17/h6-7H,2-5H2,1H3,(H,20,21). The summed E-state index contributed by atoms with van der Waals surface area (Å²) in [5, 5.41) is 9.37. The molecule has 0 saturated carbocycles. The number of amides is 1. The van der Waals surface area contributed by atoms with Crippen LogP contribution < -0.4 is 0 Å². The van der Waals surface area contributed by atoms with Gasteiger partial charge in [-0.05, 0) is 19.3 Å². The van der Waals surface area contributed by atoms with Crippen molar-refractivity contribution in [2.75, 3.05) is 6.54 Å². The lowest BCUT2D eigenvalue weighted by molar-refractivity contribution is -0.148. The Morgan fingerprint density at radius 2 is 1.86 bits per heavy atom. The first-order chi connectivity index (χ1) is 9.83. The molecule has 0 bridgehead atoms. The molecule has 1 amide bonds. The van der Waals surface area contributed by atoms with Gasteiger partial charge in [0.25, 0.3) is 5.91 Å². The lowest BCUT2D eigenvalue weighted by Gasteiger charge is -2.34. The Hall–Kier alpha value is -2.05.